The first-order valence-electron chi connectivity index (χ1n) is 6.96. The van der Waals surface area contributed by atoms with Gasteiger partial charge in [-0.1, -0.05) is 0 Å². The molecule has 1 aromatic heterocycles. The number of carbonyl (C=O) groups is 2. The highest BCUT2D eigenvalue weighted by Gasteiger charge is 2.31. The van der Waals surface area contributed by atoms with Gasteiger partial charge in [-0.25, -0.2) is 14.0 Å². The van der Waals surface area contributed by atoms with Crippen LogP contribution < -0.4 is 4.74 Å². The molecule has 0 aliphatic carbocycles. The van der Waals surface area contributed by atoms with E-state index >= 15 is 0 Å². The first kappa shape index (κ1) is 15.1. The Morgan fingerprint density at radius 1 is 1.22 bits per heavy atom. The lowest BCUT2D eigenvalue weighted by atomic mass is 10.3. The zero-order valence-corrected chi connectivity index (χ0v) is 12.0. The van der Waals surface area contributed by atoms with Crippen LogP contribution >= 0.6 is 0 Å². The van der Waals surface area contributed by atoms with Crippen LogP contribution in [0.4, 0.5) is 4.39 Å². The topological polar surface area (TPSA) is 75.0 Å². The maximum atomic E-state index is 12.8. The molecule has 0 N–H and O–H groups in total. The molecule has 2 aromatic rings. The van der Waals surface area contributed by atoms with Crippen molar-refractivity contribution in [1.82, 2.24) is 0 Å². The number of rotatable bonds is 5. The van der Waals surface area contributed by atoms with E-state index in [-0.39, 0.29) is 24.8 Å². The number of esters is 2. The van der Waals surface area contributed by atoms with E-state index in [0.717, 1.165) is 0 Å². The van der Waals surface area contributed by atoms with Crippen molar-refractivity contribution in [2.24, 2.45) is 0 Å². The molecule has 1 saturated heterocycles. The van der Waals surface area contributed by atoms with E-state index < -0.39 is 18.0 Å². The summed E-state index contributed by atoms with van der Waals surface area (Å²) in [6.07, 6.45) is -0.544. The van der Waals surface area contributed by atoms with Crippen molar-refractivity contribution in [3.05, 3.63) is 53.7 Å². The zero-order valence-electron chi connectivity index (χ0n) is 12.0. The second-order valence-corrected chi connectivity index (χ2v) is 4.86. The predicted octanol–water partition coefficient (Wildman–Crippen LogP) is 2.47. The van der Waals surface area contributed by atoms with Gasteiger partial charge in [0.1, 0.15) is 23.9 Å². The molecule has 120 valence electrons. The molecular formula is C16H13FO6. The quantitative estimate of drug-likeness (QED) is 0.788. The van der Waals surface area contributed by atoms with Gasteiger partial charge < -0.3 is 18.6 Å². The first-order valence-corrected chi connectivity index (χ1v) is 6.96. The molecule has 7 heteroatoms. The van der Waals surface area contributed by atoms with Crippen molar-refractivity contribution in [1.29, 1.82) is 0 Å². The Hall–Kier alpha value is -2.83. The summed E-state index contributed by atoms with van der Waals surface area (Å²) in [4.78, 5) is 23.1. The Morgan fingerprint density at radius 3 is 2.70 bits per heavy atom. The lowest BCUT2D eigenvalue weighted by Gasteiger charge is -2.06. The van der Waals surface area contributed by atoms with Crippen LogP contribution in [0.2, 0.25) is 0 Å². The van der Waals surface area contributed by atoms with Gasteiger partial charge in [0.2, 0.25) is 11.9 Å². The number of cyclic esters (lactones) is 1. The molecule has 0 bridgehead atoms. The lowest BCUT2D eigenvalue weighted by Crippen LogP contribution is -2.22. The van der Waals surface area contributed by atoms with E-state index in [2.05, 4.69) is 0 Å². The van der Waals surface area contributed by atoms with Gasteiger partial charge in [0.15, 0.2) is 0 Å². The molecule has 2 heterocycles. The fourth-order valence-corrected chi connectivity index (χ4v) is 2.02. The second kappa shape index (κ2) is 6.51. The molecule has 1 aliphatic heterocycles. The van der Waals surface area contributed by atoms with Gasteiger partial charge in [-0.3, -0.25) is 0 Å². The third-order valence-electron chi connectivity index (χ3n) is 3.19. The van der Waals surface area contributed by atoms with Crippen LogP contribution in [0.15, 0.2) is 40.8 Å². The van der Waals surface area contributed by atoms with Crippen molar-refractivity contribution in [3.8, 4) is 5.75 Å². The van der Waals surface area contributed by atoms with E-state index in [1.165, 1.54) is 30.3 Å². The molecule has 1 fully saturated rings. The average molecular weight is 320 g/mol. The molecular weight excluding hydrogens is 307 g/mol. The van der Waals surface area contributed by atoms with Gasteiger partial charge in [0.05, 0.1) is 6.61 Å². The standard InChI is InChI=1S/C16H13FO6/c17-10-1-3-11(4-2-10)21-9-12-5-6-13(22-12)16(19)23-14-7-8-20-15(14)18/h1-6,14H,7-9H2/t14-/m0/s1. The third-order valence-corrected chi connectivity index (χ3v) is 3.19. The molecule has 0 radical (unpaired) electrons. The van der Waals surface area contributed by atoms with Crippen LogP contribution in [-0.4, -0.2) is 24.6 Å². The van der Waals surface area contributed by atoms with Crippen molar-refractivity contribution < 1.29 is 32.6 Å². The van der Waals surface area contributed by atoms with E-state index in [1.807, 2.05) is 0 Å². The third kappa shape index (κ3) is 3.68. The fourth-order valence-electron chi connectivity index (χ4n) is 2.02. The highest BCUT2D eigenvalue weighted by Crippen LogP contribution is 2.17. The summed E-state index contributed by atoms with van der Waals surface area (Å²) in [5.41, 5.74) is 0. The summed E-state index contributed by atoms with van der Waals surface area (Å²) < 4.78 is 33.2. The first-order chi connectivity index (χ1) is 11.1. The summed E-state index contributed by atoms with van der Waals surface area (Å²) >= 11 is 0. The second-order valence-electron chi connectivity index (χ2n) is 4.86. The van der Waals surface area contributed by atoms with Crippen LogP contribution in [0.25, 0.3) is 0 Å². The average Bonchev–Trinajstić information content (AvgIpc) is 3.17. The maximum absolute atomic E-state index is 12.8. The molecule has 0 saturated carbocycles. The van der Waals surface area contributed by atoms with Crippen molar-refractivity contribution in [2.45, 2.75) is 19.1 Å². The highest BCUT2D eigenvalue weighted by molar-refractivity contribution is 5.89. The van der Waals surface area contributed by atoms with E-state index in [0.29, 0.717) is 17.9 Å². The minimum absolute atomic E-state index is 0.0255. The molecule has 23 heavy (non-hydrogen) atoms. The van der Waals surface area contributed by atoms with Crippen molar-refractivity contribution in [3.63, 3.8) is 0 Å². The highest BCUT2D eigenvalue weighted by atomic mass is 19.1. The number of benzene rings is 1. The van der Waals surface area contributed by atoms with Crippen molar-refractivity contribution >= 4 is 11.9 Å². The maximum Gasteiger partial charge on any atom is 0.375 e. The van der Waals surface area contributed by atoms with Gasteiger partial charge in [-0.05, 0) is 36.4 Å². The Kier molecular flexibility index (Phi) is 4.27. The molecule has 1 aliphatic rings. The molecule has 1 aromatic carbocycles. The van der Waals surface area contributed by atoms with Gasteiger partial charge in [-0.15, -0.1) is 0 Å². The number of carbonyl (C=O) groups excluding carboxylic acids is 2. The summed E-state index contributed by atoms with van der Waals surface area (Å²) in [5, 5.41) is 0. The van der Waals surface area contributed by atoms with E-state index in [1.54, 1.807) is 6.07 Å². The summed E-state index contributed by atoms with van der Waals surface area (Å²) in [6.45, 7) is 0.316. The van der Waals surface area contributed by atoms with Gasteiger partial charge in [0, 0.05) is 6.42 Å². The molecule has 0 spiro atoms. The summed E-state index contributed by atoms with van der Waals surface area (Å²) in [7, 11) is 0. The van der Waals surface area contributed by atoms with Crippen LogP contribution in [0.1, 0.15) is 22.7 Å². The molecule has 3 rings (SSSR count). The van der Waals surface area contributed by atoms with Crippen LogP contribution in [0.5, 0.6) is 5.75 Å². The van der Waals surface area contributed by atoms with E-state index in [9.17, 15) is 14.0 Å². The summed E-state index contributed by atoms with van der Waals surface area (Å²) in [6, 6.07) is 8.53. The number of furan rings is 1. The van der Waals surface area contributed by atoms with Crippen molar-refractivity contribution in [2.75, 3.05) is 6.61 Å². The van der Waals surface area contributed by atoms with Crippen LogP contribution in [0.3, 0.4) is 0 Å². The Labute approximate surface area is 130 Å². The number of ether oxygens (including phenoxy) is 3. The largest absolute Gasteiger partial charge is 0.486 e. The Morgan fingerprint density at radius 2 is 2.00 bits per heavy atom. The molecule has 1 atom stereocenters. The molecule has 0 amide bonds. The minimum atomic E-state index is -0.883. The molecule has 6 nitrogen and oxygen atoms in total. The van der Waals surface area contributed by atoms with E-state index in [4.69, 9.17) is 18.6 Å². The Balaban J connectivity index is 1.55. The number of hydrogen-bond donors (Lipinski definition) is 0. The van der Waals surface area contributed by atoms with Crippen LogP contribution in [-0.2, 0) is 20.9 Å². The van der Waals surface area contributed by atoms with Gasteiger partial charge >= 0.3 is 11.9 Å². The monoisotopic (exact) mass is 320 g/mol. The molecule has 0 unspecified atom stereocenters. The summed E-state index contributed by atoms with van der Waals surface area (Å²) in [5.74, 6) is -0.796. The smallest absolute Gasteiger partial charge is 0.375 e. The fraction of sp³-hybridized carbons (Fsp3) is 0.250. The normalized spacial score (nSPS) is 16.9. The minimum Gasteiger partial charge on any atom is -0.486 e. The Bertz CT molecular complexity index is 706. The zero-order chi connectivity index (χ0) is 16.2. The van der Waals surface area contributed by atoms with Gasteiger partial charge in [-0.2, -0.15) is 0 Å². The predicted molar refractivity (Wildman–Crippen MR) is 74.2 cm³/mol. The SMILES string of the molecule is O=C(O[C@H]1CCOC1=O)c1ccc(COc2ccc(F)cc2)o1. The number of halogens is 1. The van der Waals surface area contributed by atoms with Gasteiger partial charge in [0.25, 0.3) is 0 Å². The number of hydrogen-bond acceptors (Lipinski definition) is 6. The van der Waals surface area contributed by atoms with Crippen LogP contribution in [0, 0.1) is 5.82 Å². The lowest BCUT2D eigenvalue weighted by molar-refractivity contribution is -0.145.